The van der Waals surface area contributed by atoms with Crippen LogP contribution in [0.1, 0.15) is 19.4 Å². The second-order valence-electron chi connectivity index (χ2n) is 4.97. The Hall–Kier alpha value is -0.810. The first-order valence-electron chi connectivity index (χ1n) is 6.95. The van der Waals surface area contributed by atoms with E-state index in [0.29, 0.717) is 19.2 Å². The molecule has 0 saturated heterocycles. The van der Waals surface area contributed by atoms with Crippen LogP contribution in [0.5, 0.6) is 0 Å². The number of anilines is 1. The predicted octanol–water partition coefficient (Wildman–Crippen LogP) is 2.28. The minimum Gasteiger partial charge on any atom is -0.395 e. The van der Waals surface area contributed by atoms with Gasteiger partial charge in [-0.05, 0) is 31.5 Å². The van der Waals surface area contributed by atoms with Crippen molar-refractivity contribution < 1.29 is 9.84 Å². The maximum atomic E-state index is 9.15. The zero-order chi connectivity index (χ0) is 15.0. The highest BCUT2D eigenvalue weighted by Gasteiger charge is 2.13. The first-order chi connectivity index (χ1) is 9.60. The fraction of sp³-hybridized carbons (Fsp3) is 0.600. The molecule has 5 heteroatoms. The van der Waals surface area contributed by atoms with Crippen LogP contribution in [0.25, 0.3) is 0 Å². The van der Waals surface area contributed by atoms with Gasteiger partial charge in [0, 0.05) is 32.8 Å². The van der Waals surface area contributed by atoms with E-state index in [1.807, 2.05) is 12.1 Å². The molecule has 20 heavy (non-hydrogen) atoms. The van der Waals surface area contributed by atoms with Gasteiger partial charge in [0.1, 0.15) is 0 Å². The molecule has 0 aliphatic rings. The summed E-state index contributed by atoms with van der Waals surface area (Å²) >= 11 is 6.37. The van der Waals surface area contributed by atoms with Gasteiger partial charge in [-0.1, -0.05) is 17.7 Å². The normalized spacial score (nSPS) is 11.1. The zero-order valence-corrected chi connectivity index (χ0v) is 13.3. The van der Waals surface area contributed by atoms with Crippen molar-refractivity contribution in [2.75, 3.05) is 38.3 Å². The molecule has 1 aromatic carbocycles. The SMILES string of the molecule is COCCNCc1ccc(N(CCO)C(C)C)c(Cl)c1. The monoisotopic (exact) mass is 300 g/mol. The number of benzene rings is 1. The molecule has 0 aromatic heterocycles. The molecule has 4 nitrogen and oxygen atoms in total. The molecule has 0 aliphatic heterocycles. The number of halogens is 1. The highest BCUT2D eigenvalue weighted by atomic mass is 35.5. The number of methoxy groups -OCH3 is 1. The van der Waals surface area contributed by atoms with Gasteiger partial charge in [0.25, 0.3) is 0 Å². The second-order valence-corrected chi connectivity index (χ2v) is 5.37. The minimum absolute atomic E-state index is 0.120. The maximum absolute atomic E-state index is 9.15. The van der Waals surface area contributed by atoms with E-state index in [-0.39, 0.29) is 6.61 Å². The second kappa shape index (κ2) is 9.19. The van der Waals surface area contributed by atoms with Crippen LogP contribution in [0.2, 0.25) is 5.02 Å². The van der Waals surface area contributed by atoms with Crippen molar-refractivity contribution in [2.45, 2.75) is 26.4 Å². The van der Waals surface area contributed by atoms with E-state index in [1.54, 1.807) is 7.11 Å². The molecule has 0 fully saturated rings. The van der Waals surface area contributed by atoms with Gasteiger partial charge in [-0.3, -0.25) is 0 Å². The summed E-state index contributed by atoms with van der Waals surface area (Å²) in [7, 11) is 1.69. The maximum Gasteiger partial charge on any atom is 0.0642 e. The quantitative estimate of drug-likeness (QED) is 0.687. The number of aliphatic hydroxyl groups is 1. The number of nitrogens with zero attached hydrogens (tertiary/aromatic N) is 1. The summed E-state index contributed by atoms with van der Waals surface area (Å²) in [5.74, 6) is 0. The van der Waals surface area contributed by atoms with Crippen LogP contribution in [-0.4, -0.2) is 44.6 Å². The molecule has 0 atom stereocenters. The lowest BCUT2D eigenvalue weighted by Gasteiger charge is -2.29. The van der Waals surface area contributed by atoms with E-state index in [9.17, 15) is 0 Å². The van der Waals surface area contributed by atoms with Crippen molar-refractivity contribution >= 4 is 17.3 Å². The highest BCUT2D eigenvalue weighted by molar-refractivity contribution is 6.33. The molecular weight excluding hydrogens is 276 g/mol. The molecule has 0 unspecified atom stereocenters. The Bertz CT molecular complexity index is 399. The molecule has 0 amide bonds. The van der Waals surface area contributed by atoms with E-state index < -0.39 is 0 Å². The van der Waals surface area contributed by atoms with E-state index in [4.69, 9.17) is 21.4 Å². The fourth-order valence-electron chi connectivity index (χ4n) is 2.06. The molecule has 0 spiro atoms. The molecule has 0 heterocycles. The average Bonchev–Trinajstić information content (AvgIpc) is 2.41. The topological polar surface area (TPSA) is 44.7 Å². The summed E-state index contributed by atoms with van der Waals surface area (Å²) in [5, 5.41) is 13.2. The van der Waals surface area contributed by atoms with Crippen molar-refractivity contribution in [3.05, 3.63) is 28.8 Å². The van der Waals surface area contributed by atoms with E-state index in [0.717, 1.165) is 29.4 Å². The molecule has 2 N–H and O–H groups in total. The smallest absolute Gasteiger partial charge is 0.0642 e. The third-order valence-corrected chi connectivity index (χ3v) is 3.40. The summed E-state index contributed by atoms with van der Waals surface area (Å²) in [6, 6.07) is 6.35. The van der Waals surface area contributed by atoms with E-state index in [1.165, 1.54) is 0 Å². The Kier molecular flexibility index (Phi) is 7.92. The molecule has 1 aromatic rings. The fourth-order valence-corrected chi connectivity index (χ4v) is 2.38. The number of aliphatic hydroxyl groups excluding tert-OH is 1. The van der Waals surface area contributed by atoms with Crippen molar-refractivity contribution in [3.63, 3.8) is 0 Å². The Balaban J connectivity index is 2.71. The lowest BCUT2D eigenvalue weighted by molar-refractivity contribution is 0.199. The van der Waals surface area contributed by atoms with Gasteiger partial charge in [0.05, 0.1) is 23.9 Å². The van der Waals surface area contributed by atoms with Crippen LogP contribution >= 0.6 is 11.6 Å². The summed E-state index contributed by atoms with van der Waals surface area (Å²) in [4.78, 5) is 2.10. The van der Waals surface area contributed by atoms with Crippen molar-refractivity contribution in [1.29, 1.82) is 0 Å². The Labute approximate surface area is 126 Å². The molecular formula is C15H25ClN2O2. The molecule has 0 radical (unpaired) electrons. The van der Waals surface area contributed by atoms with Crippen LogP contribution in [-0.2, 0) is 11.3 Å². The van der Waals surface area contributed by atoms with Gasteiger partial charge in [-0.15, -0.1) is 0 Å². The van der Waals surface area contributed by atoms with E-state index >= 15 is 0 Å². The molecule has 0 saturated carbocycles. The number of hydrogen-bond donors (Lipinski definition) is 2. The Morgan fingerprint density at radius 1 is 1.40 bits per heavy atom. The van der Waals surface area contributed by atoms with Gasteiger partial charge in [-0.2, -0.15) is 0 Å². The van der Waals surface area contributed by atoms with Gasteiger partial charge >= 0.3 is 0 Å². The van der Waals surface area contributed by atoms with Crippen LogP contribution < -0.4 is 10.2 Å². The number of hydrogen-bond acceptors (Lipinski definition) is 4. The number of nitrogens with one attached hydrogen (secondary N) is 1. The summed E-state index contributed by atoms with van der Waals surface area (Å²) in [6.45, 7) is 7.17. The Morgan fingerprint density at radius 2 is 2.15 bits per heavy atom. The van der Waals surface area contributed by atoms with Crippen molar-refractivity contribution in [3.8, 4) is 0 Å². The highest BCUT2D eigenvalue weighted by Crippen LogP contribution is 2.28. The third kappa shape index (κ3) is 5.29. The lowest BCUT2D eigenvalue weighted by atomic mass is 10.1. The van der Waals surface area contributed by atoms with Crippen LogP contribution in [0.3, 0.4) is 0 Å². The van der Waals surface area contributed by atoms with Crippen molar-refractivity contribution in [1.82, 2.24) is 5.32 Å². The Morgan fingerprint density at radius 3 is 2.70 bits per heavy atom. The standard InChI is InChI=1S/C15H25ClN2O2/c1-12(2)18(7-8-19)15-5-4-13(10-14(15)16)11-17-6-9-20-3/h4-5,10,12,17,19H,6-9,11H2,1-3H3. The summed E-state index contributed by atoms with van der Waals surface area (Å²) < 4.78 is 4.99. The molecule has 0 bridgehead atoms. The lowest BCUT2D eigenvalue weighted by Crippen LogP contribution is -2.33. The first kappa shape index (κ1) is 17.2. The molecule has 114 valence electrons. The third-order valence-electron chi connectivity index (χ3n) is 3.10. The molecule has 0 aliphatic carbocycles. The van der Waals surface area contributed by atoms with Gasteiger partial charge in [0.15, 0.2) is 0 Å². The first-order valence-corrected chi connectivity index (χ1v) is 7.33. The van der Waals surface area contributed by atoms with Gasteiger partial charge < -0.3 is 20.1 Å². The minimum atomic E-state index is 0.120. The summed E-state index contributed by atoms with van der Waals surface area (Å²) in [5.41, 5.74) is 2.11. The number of ether oxygens (including phenoxy) is 1. The van der Waals surface area contributed by atoms with Gasteiger partial charge in [0.2, 0.25) is 0 Å². The van der Waals surface area contributed by atoms with Gasteiger partial charge in [-0.25, -0.2) is 0 Å². The van der Waals surface area contributed by atoms with Crippen LogP contribution in [0.15, 0.2) is 18.2 Å². The largest absolute Gasteiger partial charge is 0.395 e. The van der Waals surface area contributed by atoms with Crippen molar-refractivity contribution in [2.24, 2.45) is 0 Å². The zero-order valence-electron chi connectivity index (χ0n) is 12.5. The average molecular weight is 301 g/mol. The van der Waals surface area contributed by atoms with Crippen LogP contribution in [0.4, 0.5) is 5.69 Å². The molecule has 1 rings (SSSR count). The van der Waals surface area contributed by atoms with E-state index in [2.05, 4.69) is 30.1 Å². The van der Waals surface area contributed by atoms with Crippen LogP contribution in [0, 0.1) is 0 Å². The summed E-state index contributed by atoms with van der Waals surface area (Å²) in [6.07, 6.45) is 0. The number of rotatable bonds is 9. The predicted molar refractivity (Wildman–Crippen MR) is 84.6 cm³/mol.